The van der Waals surface area contributed by atoms with Gasteiger partial charge < -0.3 is 11.1 Å². The van der Waals surface area contributed by atoms with E-state index in [2.05, 4.69) is 10.2 Å². The summed E-state index contributed by atoms with van der Waals surface area (Å²) in [6, 6.07) is 0.688. The third kappa shape index (κ3) is 2.69. The molecule has 86 valence electrons. The molecule has 2 saturated heterocycles. The van der Waals surface area contributed by atoms with Crippen molar-refractivity contribution >= 4 is 5.91 Å². The second-order valence-electron chi connectivity index (χ2n) is 4.71. The number of likely N-dealkylation sites (tertiary alicyclic amines) is 1. The summed E-state index contributed by atoms with van der Waals surface area (Å²) in [6.45, 7) is 4.36. The number of primary amides is 1. The molecular weight excluding hydrogens is 190 g/mol. The smallest absolute Gasteiger partial charge is 0.220 e. The van der Waals surface area contributed by atoms with Crippen LogP contribution in [-0.2, 0) is 4.79 Å². The molecular formula is C11H21N3O. The van der Waals surface area contributed by atoms with E-state index in [-0.39, 0.29) is 11.8 Å². The minimum atomic E-state index is -0.114. The van der Waals surface area contributed by atoms with Gasteiger partial charge in [0.25, 0.3) is 0 Å². The van der Waals surface area contributed by atoms with Crippen molar-refractivity contribution in [2.24, 2.45) is 11.7 Å². The molecule has 4 nitrogen and oxygen atoms in total. The van der Waals surface area contributed by atoms with E-state index >= 15 is 0 Å². The van der Waals surface area contributed by atoms with Crippen molar-refractivity contribution in [2.75, 3.05) is 26.2 Å². The number of amides is 1. The summed E-state index contributed by atoms with van der Waals surface area (Å²) in [5, 5.41) is 3.43. The molecule has 0 saturated carbocycles. The van der Waals surface area contributed by atoms with E-state index in [1.807, 2.05) is 0 Å². The molecule has 3 N–H and O–H groups in total. The Bertz CT molecular complexity index is 218. The number of nitrogens with two attached hydrogens (primary N) is 1. The van der Waals surface area contributed by atoms with Gasteiger partial charge >= 0.3 is 0 Å². The molecule has 0 spiro atoms. The van der Waals surface area contributed by atoms with Gasteiger partial charge in [-0.15, -0.1) is 0 Å². The summed E-state index contributed by atoms with van der Waals surface area (Å²) < 4.78 is 0. The van der Waals surface area contributed by atoms with Gasteiger partial charge in [-0.2, -0.15) is 0 Å². The molecule has 2 aliphatic heterocycles. The Morgan fingerprint density at radius 3 is 2.53 bits per heavy atom. The van der Waals surface area contributed by atoms with Crippen molar-refractivity contribution in [1.82, 2.24) is 10.2 Å². The number of carbonyl (C=O) groups is 1. The molecule has 0 aromatic heterocycles. The molecule has 2 rings (SSSR count). The second-order valence-corrected chi connectivity index (χ2v) is 4.71. The summed E-state index contributed by atoms with van der Waals surface area (Å²) in [6.07, 6.45) is 4.48. The van der Waals surface area contributed by atoms with Crippen LogP contribution < -0.4 is 11.1 Å². The predicted octanol–water partition coefficient (Wildman–Crippen LogP) is -0.0643. The van der Waals surface area contributed by atoms with Gasteiger partial charge in [-0.05, 0) is 45.3 Å². The highest BCUT2D eigenvalue weighted by atomic mass is 16.1. The van der Waals surface area contributed by atoms with E-state index in [1.165, 1.54) is 12.8 Å². The van der Waals surface area contributed by atoms with Crippen LogP contribution in [0.4, 0.5) is 0 Å². The largest absolute Gasteiger partial charge is 0.369 e. The summed E-state index contributed by atoms with van der Waals surface area (Å²) in [4.78, 5) is 13.5. The normalized spacial score (nSPS) is 30.3. The first-order valence-electron chi connectivity index (χ1n) is 6.01. The van der Waals surface area contributed by atoms with E-state index in [0.717, 1.165) is 39.0 Å². The first-order chi connectivity index (χ1) is 7.27. The van der Waals surface area contributed by atoms with Crippen molar-refractivity contribution in [3.63, 3.8) is 0 Å². The molecule has 2 aliphatic rings. The molecule has 0 aliphatic carbocycles. The van der Waals surface area contributed by atoms with Crippen LogP contribution in [0.2, 0.25) is 0 Å². The Morgan fingerprint density at radius 1 is 1.27 bits per heavy atom. The first kappa shape index (κ1) is 10.9. The van der Waals surface area contributed by atoms with Crippen LogP contribution >= 0.6 is 0 Å². The molecule has 2 fully saturated rings. The Kier molecular flexibility index (Phi) is 3.59. The highest BCUT2D eigenvalue weighted by molar-refractivity contribution is 5.76. The number of hydrogen-bond acceptors (Lipinski definition) is 3. The molecule has 0 aromatic carbocycles. The Balaban J connectivity index is 1.79. The van der Waals surface area contributed by atoms with Gasteiger partial charge in [-0.3, -0.25) is 9.69 Å². The molecule has 1 atom stereocenters. The quantitative estimate of drug-likeness (QED) is 0.672. The van der Waals surface area contributed by atoms with Crippen LogP contribution in [0.5, 0.6) is 0 Å². The summed E-state index contributed by atoms with van der Waals surface area (Å²) in [5.41, 5.74) is 5.32. The van der Waals surface area contributed by atoms with Gasteiger partial charge in [0.1, 0.15) is 0 Å². The lowest BCUT2D eigenvalue weighted by Crippen LogP contribution is -2.50. The van der Waals surface area contributed by atoms with Crippen molar-refractivity contribution < 1.29 is 4.79 Å². The minimum absolute atomic E-state index is 0.114. The number of nitrogens with one attached hydrogen (secondary N) is 1. The van der Waals surface area contributed by atoms with Crippen LogP contribution in [0.3, 0.4) is 0 Å². The lowest BCUT2D eigenvalue weighted by molar-refractivity contribution is -0.123. The van der Waals surface area contributed by atoms with E-state index in [9.17, 15) is 4.79 Å². The Hall–Kier alpha value is -0.610. The van der Waals surface area contributed by atoms with Gasteiger partial charge in [-0.1, -0.05) is 0 Å². The molecule has 1 amide bonds. The Morgan fingerprint density at radius 2 is 2.00 bits per heavy atom. The van der Waals surface area contributed by atoms with Crippen LogP contribution in [0.25, 0.3) is 0 Å². The predicted molar refractivity (Wildman–Crippen MR) is 59.4 cm³/mol. The van der Waals surface area contributed by atoms with E-state index in [0.29, 0.717) is 6.04 Å². The van der Waals surface area contributed by atoms with E-state index < -0.39 is 0 Å². The van der Waals surface area contributed by atoms with Gasteiger partial charge in [0.05, 0.1) is 0 Å². The van der Waals surface area contributed by atoms with Crippen molar-refractivity contribution in [2.45, 2.75) is 31.7 Å². The van der Waals surface area contributed by atoms with Crippen molar-refractivity contribution in [1.29, 1.82) is 0 Å². The van der Waals surface area contributed by atoms with Crippen LogP contribution in [0.15, 0.2) is 0 Å². The third-order valence-corrected chi connectivity index (χ3v) is 3.72. The molecule has 15 heavy (non-hydrogen) atoms. The van der Waals surface area contributed by atoms with Gasteiger partial charge in [0.15, 0.2) is 0 Å². The zero-order chi connectivity index (χ0) is 10.7. The van der Waals surface area contributed by atoms with Crippen molar-refractivity contribution in [3.8, 4) is 0 Å². The molecule has 0 unspecified atom stereocenters. The number of rotatable bonds is 2. The highest BCUT2D eigenvalue weighted by Gasteiger charge is 2.27. The maximum atomic E-state index is 11.0. The average Bonchev–Trinajstić information content (AvgIpc) is 2.30. The standard InChI is InChI=1S/C11H21N3O/c12-11(15)9-3-6-14(7-4-9)10-2-1-5-13-8-10/h9-10,13H,1-8H2,(H2,12,15)/t10-/m0/s1. The fraction of sp³-hybridized carbons (Fsp3) is 0.909. The second kappa shape index (κ2) is 4.94. The third-order valence-electron chi connectivity index (χ3n) is 3.72. The van der Waals surface area contributed by atoms with E-state index in [4.69, 9.17) is 5.73 Å². The number of hydrogen-bond donors (Lipinski definition) is 2. The lowest BCUT2D eigenvalue weighted by atomic mass is 9.94. The maximum Gasteiger partial charge on any atom is 0.220 e. The number of carbonyl (C=O) groups excluding carboxylic acids is 1. The summed E-state index contributed by atoms with van der Waals surface area (Å²) in [7, 11) is 0. The monoisotopic (exact) mass is 211 g/mol. The zero-order valence-electron chi connectivity index (χ0n) is 9.24. The van der Waals surface area contributed by atoms with Crippen LogP contribution in [0.1, 0.15) is 25.7 Å². The molecule has 0 aromatic rings. The molecule has 4 heteroatoms. The average molecular weight is 211 g/mol. The Labute approximate surface area is 91.2 Å². The van der Waals surface area contributed by atoms with Gasteiger partial charge in [-0.25, -0.2) is 0 Å². The summed E-state index contributed by atoms with van der Waals surface area (Å²) >= 11 is 0. The summed E-state index contributed by atoms with van der Waals surface area (Å²) in [5.74, 6) is 0.00854. The van der Waals surface area contributed by atoms with Crippen LogP contribution in [-0.4, -0.2) is 43.0 Å². The zero-order valence-corrected chi connectivity index (χ0v) is 9.24. The molecule has 0 radical (unpaired) electrons. The van der Waals surface area contributed by atoms with E-state index in [1.54, 1.807) is 0 Å². The lowest BCUT2D eigenvalue weighted by Gasteiger charge is -2.38. The molecule has 0 bridgehead atoms. The van der Waals surface area contributed by atoms with Gasteiger partial charge in [0, 0.05) is 18.5 Å². The highest BCUT2D eigenvalue weighted by Crippen LogP contribution is 2.21. The molecule has 2 heterocycles. The number of nitrogens with zero attached hydrogens (tertiary/aromatic N) is 1. The minimum Gasteiger partial charge on any atom is -0.369 e. The fourth-order valence-corrected chi connectivity index (χ4v) is 2.69. The number of piperidine rings is 2. The maximum absolute atomic E-state index is 11.0. The van der Waals surface area contributed by atoms with Crippen molar-refractivity contribution in [3.05, 3.63) is 0 Å². The van der Waals surface area contributed by atoms with Gasteiger partial charge in [0.2, 0.25) is 5.91 Å². The topological polar surface area (TPSA) is 58.4 Å². The SMILES string of the molecule is NC(=O)C1CCN([C@H]2CCCNC2)CC1. The first-order valence-corrected chi connectivity index (χ1v) is 6.01. The fourth-order valence-electron chi connectivity index (χ4n) is 2.69. The van der Waals surface area contributed by atoms with Crippen LogP contribution in [0, 0.1) is 5.92 Å².